The molecule has 0 aromatic heterocycles. The third-order valence-corrected chi connectivity index (χ3v) is 3.92. The fraction of sp³-hybridized carbons (Fsp3) is 0.250. The Morgan fingerprint density at radius 3 is 2.18 bits per heavy atom. The summed E-state index contributed by atoms with van der Waals surface area (Å²) in [6.45, 7) is 2.33. The third kappa shape index (κ3) is 7.28. The van der Waals surface area contributed by atoms with E-state index in [2.05, 4.69) is 16.0 Å². The van der Waals surface area contributed by atoms with Crippen molar-refractivity contribution in [3.05, 3.63) is 59.1 Å². The molecule has 0 atom stereocenters. The van der Waals surface area contributed by atoms with Gasteiger partial charge >= 0.3 is 0 Å². The molecule has 8 heteroatoms. The van der Waals surface area contributed by atoms with Gasteiger partial charge in [0.25, 0.3) is 11.8 Å². The van der Waals surface area contributed by atoms with E-state index in [0.29, 0.717) is 41.5 Å². The second-order valence-corrected chi connectivity index (χ2v) is 6.26. The van der Waals surface area contributed by atoms with Crippen LogP contribution in [0.4, 0.5) is 5.69 Å². The molecule has 0 saturated heterocycles. The summed E-state index contributed by atoms with van der Waals surface area (Å²) in [5, 5.41) is 8.67. The number of hydrogen-bond donors (Lipinski definition) is 3. The molecule has 3 N–H and O–H groups in total. The average molecular weight is 404 g/mol. The highest BCUT2D eigenvalue weighted by Crippen LogP contribution is 2.15. The van der Waals surface area contributed by atoms with Gasteiger partial charge in [0.1, 0.15) is 5.75 Å². The van der Waals surface area contributed by atoms with Gasteiger partial charge in [0.2, 0.25) is 5.91 Å². The molecule has 0 aliphatic heterocycles. The molecule has 2 aromatic rings. The molecule has 0 radical (unpaired) electrons. The Morgan fingerprint density at radius 1 is 0.893 bits per heavy atom. The summed E-state index contributed by atoms with van der Waals surface area (Å²) < 4.78 is 5.37. The molecule has 148 valence electrons. The minimum Gasteiger partial charge on any atom is -0.484 e. The minimum absolute atomic E-state index is 0.0608. The Hall–Kier alpha value is -3.06. The Kier molecular flexibility index (Phi) is 8.30. The van der Waals surface area contributed by atoms with Gasteiger partial charge in [-0.2, -0.15) is 0 Å². The summed E-state index contributed by atoms with van der Waals surface area (Å²) in [5.41, 5.74) is 1.01. The van der Waals surface area contributed by atoms with Gasteiger partial charge in [-0.15, -0.1) is 0 Å². The van der Waals surface area contributed by atoms with Crippen molar-refractivity contribution in [2.24, 2.45) is 0 Å². The maximum atomic E-state index is 12.0. The van der Waals surface area contributed by atoms with Crippen molar-refractivity contribution < 1.29 is 19.1 Å². The fourth-order valence-corrected chi connectivity index (χ4v) is 2.31. The Labute approximate surface area is 168 Å². The van der Waals surface area contributed by atoms with Gasteiger partial charge in [0.15, 0.2) is 6.61 Å². The van der Waals surface area contributed by atoms with E-state index in [1.54, 1.807) is 55.5 Å². The standard InChI is InChI=1S/C20H22ClN3O4/c1-2-18(25)22-11-12-23-20(27)14-3-7-16(8-4-14)24-19(26)13-28-17-9-5-15(21)6-10-17/h3-10H,2,11-13H2,1H3,(H,22,25)(H,23,27)(H,24,26). The molecule has 0 aliphatic rings. The van der Waals surface area contributed by atoms with Crippen LogP contribution in [-0.2, 0) is 9.59 Å². The van der Waals surface area contributed by atoms with E-state index in [1.807, 2.05) is 0 Å². The van der Waals surface area contributed by atoms with Crippen LogP contribution in [0.3, 0.4) is 0 Å². The zero-order chi connectivity index (χ0) is 20.4. The third-order valence-electron chi connectivity index (χ3n) is 3.67. The molecule has 2 aromatic carbocycles. The Bertz CT molecular complexity index is 807. The van der Waals surface area contributed by atoms with Gasteiger partial charge in [-0.3, -0.25) is 14.4 Å². The molecule has 0 heterocycles. The monoisotopic (exact) mass is 403 g/mol. The lowest BCUT2D eigenvalue weighted by Gasteiger charge is -2.09. The van der Waals surface area contributed by atoms with Crippen LogP contribution >= 0.6 is 11.6 Å². The predicted octanol–water partition coefficient (Wildman–Crippen LogP) is 2.61. The molecule has 2 rings (SSSR count). The second-order valence-electron chi connectivity index (χ2n) is 5.83. The Morgan fingerprint density at radius 2 is 1.54 bits per heavy atom. The highest BCUT2D eigenvalue weighted by Gasteiger charge is 2.07. The lowest BCUT2D eigenvalue weighted by Crippen LogP contribution is -2.34. The number of rotatable bonds is 9. The number of carbonyl (C=O) groups excluding carboxylic acids is 3. The summed E-state index contributed by atoms with van der Waals surface area (Å²) in [6.07, 6.45) is 0.409. The average Bonchev–Trinajstić information content (AvgIpc) is 2.71. The van der Waals surface area contributed by atoms with Crippen molar-refractivity contribution in [2.75, 3.05) is 25.0 Å². The molecule has 0 aliphatic carbocycles. The summed E-state index contributed by atoms with van der Waals surface area (Å²) in [5.74, 6) is -0.0930. The van der Waals surface area contributed by atoms with Gasteiger partial charge in [-0.05, 0) is 48.5 Å². The summed E-state index contributed by atoms with van der Waals surface area (Å²) in [4.78, 5) is 35.1. The molecule has 0 spiro atoms. The number of halogens is 1. The van der Waals surface area contributed by atoms with Crippen molar-refractivity contribution >= 4 is 35.0 Å². The molecule has 3 amide bonds. The van der Waals surface area contributed by atoms with Crippen LogP contribution in [0.5, 0.6) is 5.75 Å². The molecular weight excluding hydrogens is 382 g/mol. The summed E-state index contributed by atoms with van der Waals surface area (Å²) >= 11 is 5.79. The van der Waals surface area contributed by atoms with E-state index < -0.39 is 0 Å². The van der Waals surface area contributed by atoms with Crippen LogP contribution < -0.4 is 20.7 Å². The van der Waals surface area contributed by atoms with Crippen molar-refractivity contribution in [3.8, 4) is 5.75 Å². The highest BCUT2D eigenvalue weighted by atomic mass is 35.5. The maximum absolute atomic E-state index is 12.0. The summed E-state index contributed by atoms with van der Waals surface area (Å²) in [7, 11) is 0. The van der Waals surface area contributed by atoms with Gasteiger partial charge in [0.05, 0.1) is 0 Å². The smallest absolute Gasteiger partial charge is 0.262 e. The van der Waals surface area contributed by atoms with Crippen LogP contribution in [-0.4, -0.2) is 37.4 Å². The van der Waals surface area contributed by atoms with Crippen molar-refractivity contribution in [1.29, 1.82) is 0 Å². The zero-order valence-electron chi connectivity index (χ0n) is 15.5. The van der Waals surface area contributed by atoms with Crippen molar-refractivity contribution in [2.45, 2.75) is 13.3 Å². The van der Waals surface area contributed by atoms with Crippen molar-refractivity contribution in [3.63, 3.8) is 0 Å². The van der Waals surface area contributed by atoms with Crippen LogP contribution in [0.15, 0.2) is 48.5 Å². The number of benzene rings is 2. The highest BCUT2D eigenvalue weighted by molar-refractivity contribution is 6.30. The topological polar surface area (TPSA) is 96.5 Å². The first-order chi connectivity index (χ1) is 13.5. The molecule has 0 bridgehead atoms. The number of hydrogen-bond acceptors (Lipinski definition) is 4. The number of amides is 3. The Balaban J connectivity index is 1.75. The van der Waals surface area contributed by atoms with Gasteiger partial charge in [-0.25, -0.2) is 0 Å². The number of ether oxygens (including phenoxy) is 1. The largest absolute Gasteiger partial charge is 0.484 e. The van der Waals surface area contributed by atoms with E-state index in [0.717, 1.165) is 0 Å². The van der Waals surface area contributed by atoms with Gasteiger partial charge in [0, 0.05) is 35.8 Å². The molecule has 28 heavy (non-hydrogen) atoms. The zero-order valence-corrected chi connectivity index (χ0v) is 16.2. The lowest BCUT2D eigenvalue weighted by atomic mass is 10.2. The first-order valence-electron chi connectivity index (χ1n) is 8.81. The van der Waals surface area contributed by atoms with Crippen LogP contribution in [0, 0.1) is 0 Å². The van der Waals surface area contributed by atoms with E-state index in [-0.39, 0.29) is 24.3 Å². The first-order valence-corrected chi connectivity index (χ1v) is 9.19. The molecule has 7 nitrogen and oxygen atoms in total. The van der Waals surface area contributed by atoms with Crippen LogP contribution in [0.25, 0.3) is 0 Å². The maximum Gasteiger partial charge on any atom is 0.262 e. The summed E-state index contributed by atoms with van der Waals surface area (Å²) in [6, 6.07) is 13.2. The number of anilines is 1. The second kappa shape index (κ2) is 10.9. The minimum atomic E-state index is -0.321. The number of carbonyl (C=O) groups is 3. The lowest BCUT2D eigenvalue weighted by molar-refractivity contribution is -0.120. The van der Waals surface area contributed by atoms with E-state index >= 15 is 0 Å². The molecule has 0 saturated carbocycles. The van der Waals surface area contributed by atoms with Gasteiger partial charge in [-0.1, -0.05) is 18.5 Å². The molecule has 0 fully saturated rings. The number of nitrogens with one attached hydrogen (secondary N) is 3. The van der Waals surface area contributed by atoms with E-state index in [9.17, 15) is 14.4 Å². The molecular formula is C20H22ClN3O4. The fourth-order valence-electron chi connectivity index (χ4n) is 2.19. The normalized spacial score (nSPS) is 10.1. The molecule has 0 unspecified atom stereocenters. The first kappa shape index (κ1) is 21.2. The van der Waals surface area contributed by atoms with Crippen LogP contribution in [0.1, 0.15) is 23.7 Å². The SMILES string of the molecule is CCC(=O)NCCNC(=O)c1ccc(NC(=O)COc2ccc(Cl)cc2)cc1. The van der Waals surface area contributed by atoms with Gasteiger partial charge < -0.3 is 20.7 Å². The van der Waals surface area contributed by atoms with Crippen LogP contribution in [0.2, 0.25) is 5.02 Å². The van der Waals surface area contributed by atoms with E-state index in [1.165, 1.54) is 0 Å². The van der Waals surface area contributed by atoms with E-state index in [4.69, 9.17) is 16.3 Å². The quantitative estimate of drug-likeness (QED) is 0.561. The van der Waals surface area contributed by atoms with Crippen molar-refractivity contribution in [1.82, 2.24) is 10.6 Å². The predicted molar refractivity (Wildman–Crippen MR) is 108 cm³/mol.